The molecular weight excluding hydrogens is 288 g/mol. The van der Waals surface area contributed by atoms with Gasteiger partial charge in [-0.15, -0.1) is 0 Å². The van der Waals surface area contributed by atoms with Crippen LogP contribution in [0.2, 0.25) is 0 Å². The van der Waals surface area contributed by atoms with Gasteiger partial charge in [-0.2, -0.15) is 11.8 Å². The van der Waals surface area contributed by atoms with Gasteiger partial charge < -0.3 is 0 Å². The molecule has 0 aromatic carbocycles. The van der Waals surface area contributed by atoms with Crippen molar-refractivity contribution >= 4 is 17.5 Å². The standard InChI is InChI=1S/C20H28OS/c1-18-8-5-14(21)11-13(18)3-4-15-16(18)6-9-19(2)17(15)7-10-20(19)12-22-20/h11,15-17H,3-10,12H2,1-2H3/t15-,16+,17-,18-,19-,20-/m0/s1. The first-order chi connectivity index (χ1) is 10.5. The normalized spacial score (nSPS) is 56.2. The second-order valence-corrected chi connectivity index (χ2v) is 10.6. The Morgan fingerprint density at radius 3 is 2.59 bits per heavy atom. The minimum atomic E-state index is 0.352. The average molecular weight is 317 g/mol. The molecule has 5 aliphatic rings. The molecule has 2 heteroatoms. The van der Waals surface area contributed by atoms with Crippen LogP contribution >= 0.6 is 11.8 Å². The first-order valence-electron chi connectivity index (χ1n) is 9.36. The second kappa shape index (κ2) is 4.23. The Hall–Kier alpha value is -0.240. The number of carbonyl (C=O) groups is 1. The van der Waals surface area contributed by atoms with Gasteiger partial charge in [0.1, 0.15) is 0 Å². The molecule has 6 atom stereocenters. The van der Waals surface area contributed by atoms with Crippen molar-refractivity contribution in [1.82, 2.24) is 0 Å². The van der Waals surface area contributed by atoms with E-state index in [0.29, 0.717) is 21.4 Å². The monoisotopic (exact) mass is 316 g/mol. The number of thioether (sulfide) groups is 1. The Morgan fingerprint density at radius 1 is 1.05 bits per heavy atom. The maximum Gasteiger partial charge on any atom is 0.155 e. The van der Waals surface area contributed by atoms with E-state index in [-0.39, 0.29) is 0 Å². The van der Waals surface area contributed by atoms with Crippen molar-refractivity contribution in [1.29, 1.82) is 0 Å². The van der Waals surface area contributed by atoms with Crippen LogP contribution in [0.5, 0.6) is 0 Å². The van der Waals surface area contributed by atoms with Crippen LogP contribution in [0.3, 0.4) is 0 Å². The highest BCUT2D eigenvalue weighted by molar-refractivity contribution is 8.08. The van der Waals surface area contributed by atoms with E-state index in [9.17, 15) is 4.79 Å². The third-order valence-corrected chi connectivity index (χ3v) is 10.4. The zero-order chi connectivity index (χ0) is 15.2. The molecule has 0 aromatic rings. The first kappa shape index (κ1) is 14.1. The SMILES string of the molecule is C[C@]12CCC(=O)C=C1CC[C@H]1[C@H]2CC[C@@]2(C)[C@H]1CC[C@]21CS1. The maximum atomic E-state index is 11.9. The quantitative estimate of drug-likeness (QED) is 0.585. The molecule has 1 saturated heterocycles. The molecular formula is C20H28OS. The maximum absolute atomic E-state index is 11.9. The predicted molar refractivity (Wildman–Crippen MR) is 91.9 cm³/mol. The van der Waals surface area contributed by atoms with Crippen LogP contribution in [0.4, 0.5) is 0 Å². The molecule has 1 nitrogen and oxygen atoms in total. The fourth-order valence-corrected chi connectivity index (χ4v) is 8.71. The summed E-state index contributed by atoms with van der Waals surface area (Å²) in [5, 5.41) is 0. The van der Waals surface area contributed by atoms with Crippen molar-refractivity contribution < 1.29 is 4.79 Å². The third-order valence-electron chi connectivity index (χ3n) is 8.74. The highest BCUT2D eigenvalue weighted by Crippen LogP contribution is 2.75. The van der Waals surface area contributed by atoms with Gasteiger partial charge in [0, 0.05) is 16.9 Å². The molecule has 1 aliphatic heterocycles. The smallest absolute Gasteiger partial charge is 0.155 e. The Labute approximate surface area is 138 Å². The third kappa shape index (κ3) is 1.56. The zero-order valence-electron chi connectivity index (χ0n) is 14.0. The molecule has 0 bridgehead atoms. The van der Waals surface area contributed by atoms with E-state index in [0.717, 1.165) is 30.6 Å². The lowest BCUT2D eigenvalue weighted by Gasteiger charge is -2.58. The van der Waals surface area contributed by atoms with E-state index < -0.39 is 0 Å². The molecule has 4 aliphatic carbocycles. The van der Waals surface area contributed by atoms with Crippen molar-refractivity contribution in [2.75, 3.05) is 5.75 Å². The summed E-state index contributed by atoms with van der Waals surface area (Å²) in [5.74, 6) is 4.60. The summed E-state index contributed by atoms with van der Waals surface area (Å²) in [7, 11) is 0. The van der Waals surface area contributed by atoms with Crippen molar-refractivity contribution in [3.05, 3.63) is 11.6 Å². The van der Waals surface area contributed by atoms with Crippen LogP contribution in [0.25, 0.3) is 0 Å². The van der Waals surface area contributed by atoms with E-state index in [4.69, 9.17) is 0 Å². The van der Waals surface area contributed by atoms with Gasteiger partial charge in [0.05, 0.1) is 0 Å². The zero-order valence-corrected chi connectivity index (χ0v) is 14.8. The van der Waals surface area contributed by atoms with E-state index in [2.05, 4.69) is 25.6 Å². The topological polar surface area (TPSA) is 17.1 Å². The number of ketones is 1. The van der Waals surface area contributed by atoms with E-state index in [1.807, 2.05) is 6.08 Å². The Kier molecular flexibility index (Phi) is 2.72. The minimum absolute atomic E-state index is 0.352. The number of rotatable bonds is 0. The van der Waals surface area contributed by atoms with Gasteiger partial charge >= 0.3 is 0 Å². The lowest BCUT2D eigenvalue weighted by Crippen LogP contribution is -2.51. The molecule has 0 aromatic heterocycles. The first-order valence-corrected chi connectivity index (χ1v) is 10.3. The largest absolute Gasteiger partial charge is 0.295 e. The van der Waals surface area contributed by atoms with Gasteiger partial charge in [-0.1, -0.05) is 19.4 Å². The summed E-state index contributed by atoms with van der Waals surface area (Å²) in [4.78, 5) is 11.9. The Bertz CT molecular complexity index is 574. The van der Waals surface area contributed by atoms with Crippen LogP contribution in [0.15, 0.2) is 11.6 Å². The highest BCUT2D eigenvalue weighted by atomic mass is 32.2. The summed E-state index contributed by atoms with van der Waals surface area (Å²) in [5.41, 5.74) is 2.49. The number of hydrogen-bond donors (Lipinski definition) is 0. The van der Waals surface area contributed by atoms with Crippen LogP contribution in [-0.2, 0) is 4.79 Å². The summed E-state index contributed by atoms with van der Waals surface area (Å²) >= 11 is 2.27. The summed E-state index contributed by atoms with van der Waals surface area (Å²) in [6.07, 6.45) is 12.4. The average Bonchev–Trinajstić information content (AvgIpc) is 3.22. The fourth-order valence-electron chi connectivity index (χ4n) is 7.21. The molecule has 1 heterocycles. The van der Waals surface area contributed by atoms with Crippen molar-refractivity contribution in [3.8, 4) is 0 Å². The van der Waals surface area contributed by atoms with Crippen molar-refractivity contribution in [3.63, 3.8) is 0 Å². The predicted octanol–water partition coefficient (Wildman–Crippen LogP) is 5.00. The second-order valence-electron chi connectivity index (χ2n) is 9.25. The molecule has 22 heavy (non-hydrogen) atoms. The van der Waals surface area contributed by atoms with Gasteiger partial charge in [0.15, 0.2) is 5.78 Å². The van der Waals surface area contributed by atoms with Gasteiger partial charge in [-0.3, -0.25) is 4.79 Å². The molecule has 0 amide bonds. The van der Waals surface area contributed by atoms with Crippen LogP contribution < -0.4 is 0 Å². The molecule has 0 radical (unpaired) electrons. The lowest BCUT2D eigenvalue weighted by atomic mass is 9.47. The Morgan fingerprint density at radius 2 is 1.82 bits per heavy atom. The molecule has 120 valence electrons. The Balaban J connectivity index is 1.51. The van der Waals surface area contributed by atoms with Crippen molar-refractivity contribution in [2.45, 2.75) is 70.0 Å². The molecule has 0 unspecified atom stereocenters. The van der Waals surface area contributed by atoms with Crippen LogP contribution in [0.1, 0.15) is 65.2 Å². The van der Waals surface area contributed by atoms with Gasteiger partial charge in [-0.05, 0) is 79.6 Å². The van der Waals surface area contributed by atoms with Gasteiger partial charge in [0.2, 0.25) is 0 Å². The van der Waals surface area contributed by atoms with Crippen molar-refractivity contribution in [2.24, 2.45) is 28.6 Å². The number of hydrogen-bond acceptors (Lipinski definition) is 2. The summed E-state index contributed by atoms with van der Waals surface area (Å²) < 4.78 is 0.683. The van der Waals surface area contributed by atoms with Crippen LogP contribution in [-0.4, -0.2) is 16.3 Å². The molecule has 5 rings (SSSR count). The van der Waals surface area contributed by atoms with E-state index in [1.54, 1.807) is 0 Å². The van der Waals surface area contributed by atoms with E-state index >= 15 is 0 Å². The van der Waals surface area contributed by atoms with E-state index in [1.165, 1.54) is 49.9 Å². The molecule has 4 fully saturated rings. The highest BCUT2D eigenvalue weighted by Gasteiger charge is 2.68. The minimum Gasteiger partial charge on any atom is -0.295 e. The van der Waals surface area contributed by atoms with Gasteiger partial charge in [-0.25, -0.2) is 0 Å². The van der Waals surface area contributed by atoms with Crippen LogP contribution in [0, 0.1) is 28.6 Å². The molecule has 3 saturated carbocycles. The number of fused-ring (bicyclic) bond motifs is 6. The summed E-state index contributed by atoms with van der Waals surface area (Å²) in [6, 6.07) is 0. The molecule has 0 N–H and O–H groups in total. The summed E-state index contributed by atoms with van der Waals surface area (Å²) in [6.45, 7) is 5.14. The van der Waals surface area contributed by atoms with Gasteiger partial charge in [0.25, 0.3) is 0 Å². The lowest BCUT2D eigenvalue weighted by molar-refractivity contribution is -0.117. The fraction of sp³-hybridized carbons (Fsp3) is 0.850. The number of carbonyl (C=O) groups excluding carboxylic acids is 1. The number of allylic oxidation sites excluding steroid dienone is 1. The molecule has 1 spiro atoms.